The number of amides is 1. The second kappa shape index (κ2) is 9.62. The topological polar surface area (TPSA) is 140 Å². The van der Waals surface area contributed by atoms with Crippen molar-refractivity contribution in [1.29, 1.82) is 0 Å². The van der Waals surface area contributed by atoms with Gasteiger partial charge in [-0.05, 0) is 75.3 Å². The van der Waals surface area contributed by atoms with E-state index in [1.807, 2.05) is 19.9 Å². The van der Waals surface area contributed by atoms with E-state index in [9.17, 15) is 13.2 Å². The molecule has 11 heteroatoms. The van der Waals surface area contributed by atoms with Gasteiger partial charge in [0.15, 0.2) is 5.03 Å². The summed E-state index contributed by atoms with van der Waals surface area (Å²) in [6.07, 6.45) is 6.14. The normalized spacial score (nSPS) is 16.6. The Hall–Kier alpha value is -3.73. The molecule has 3 aromatic heterocycles. The van der Waals surface area contributed by atoms with Gasteiger partial charge >= 0.3 is 0 Å². The number of aromatic nitrogens is 3. The van der Waals surface area contributed by atoms with Gasteiger partial charge in [-0.2, -0.15) is 8.42 Å². The van der Waals surface area contributed by atoms with Crippen LogP contribution in [0.3, 0.4) is 0 Å². The first-order valence-electron chi connectivity index (χ1n) is 12.3. The van der Waals surface area contributed by atoms with E-state index in [1.54, 1.807) is 24.4 Å². The summed E-state index contributed by atoms with van der Waals surface area (Å²) >= 11 is 0. The van der Waals surface area contributed by atoms with Crippen molar-refractivity contribution in [1.82, 2.24) is 19.7 Å². The maximum atomic E-state index is 13.3. The molecule has 2 aliphatic rings. The molecule has 0 aromatic carbocycles. The van der Waals surface area contributed by atoms with Crippen LogP contribution in [0.4, 0.5) is 11.6 Å². The lowest BCUT2D eigenvalue weighted by molar-refractivity contribution is 0.0981. The van der Waals surface area contributed by atoms with Gasteiger partial charge < -0.3 is 15.4 Å². The Balaban J connectivity index is 1.48. The Morgan fingerprint density at radius 3 is 2.59 bits per heavy atom. The molecular formula is C26H30N6O4S. The van der Waals surface area contributed by atoms with Gasteiger partial charge in [0.25, 0.3) is 15.9 Å². The quantitative estimate of drug-likeness (QED) is 0.477. The number of nitrogens with two attached hydrogens (primary N) is 1. The largest absolute Gasteiger partial charge is 0.475 e. The van der Waals surface area contributed by atoms with E-state index in [0.717, 1.165) is 44.3 Å². The van der Waals surface area contributed by atoms with Gasteiger partial charge in [0.05, 0.1) is 17.4 Å². The molecule has 5 rings (SSSR count). The standard InChI is InChI=1S/C26H30N6O4S/c1-17(2)36-22-10-7-18(15-28-22)20-9-8-19(24(29-20)32-14-4-11-26(16-32)12-13-26)25(33)31-37(34,35)23-6-3-5-21(27)30-23/h3,5-10,15,17H,4,11-14,16H2,1-2H3,(H2,27,30)(H,31,33). The van der Waals surface area contributed by atoms with Crippen LogP contribution in [0, 0.1) is 5.41 Å². The van der Waals surface area contributed by atoms with Crippen LogP contribution in [0.15, 0.2) is 53.7 Å². The van der Waals surface area contributed by atoms with Gasteiger partial charge in [0, 0.05) is 30.9 Å². The molecule has 1 amide bonds. The van der Waals surface area contributed by atoms with Crippen molar-refractivity contribution < 1.29 is 17.9 Å². The van der Waals surface area contributed by atoms with Crippen molar-refractivity contribution in [3.63, 3.8) is 0 Å². The third-order valence-corrected chi connectivity index (χ3v) is 7.91. The van der Waals surface area contributed by atoms with Crippen LogP contribution >= 0.6 is 0 Å². The molecule has 1 aliphatic heterocycles. The number of carbonyl (C=O) groups is 1. The molecule has 0 unspecified atom stereocenters. The zero-order valence-electron chi connectivity index (χ0n) is 20.8. The highest BCUT2D eigenvalue weighted by atomic mass is 32.2. The van der Waals surface area contributed by atoms with Crippen molar-refractivity contribution in [2.75, 3.05) is 23.7 Å². The van der Waals surface area contributed by atoms with Crippen LogP contribution in [0.25, 0.3) is 11.3 Å². The molecule has 1 saturated heterocycles. The first-order chi connectivity index (χ1) is 17.6. The Morgan fingerprint density at radius 2 is 1.92 bits per heavy atom. The molecule has 1 spiro atoms. The highest BCUT2D eigenvalue weighted by Gasteiger charge is 2.46. The van der Waals surface area contributed by atoms with Gasteiger partial charge in [-0.3, -0.25) is 4.79 Å². The number of hydrogen-bond acceptors (Lipinski definition) is 9. The molecule has 0 radical (unpaired) electrons. The molecule has 2 fully saturated rings. The molecule has 0 bridgehead atoms. The Bertz CT molecular complexity index is 1420. The number of piperidine rings is 1. The maximum Gasteiger partial charge on any atom is 0.281 e. The van der Waals surface area contributed by atoms with E-state index in [0.29, 0.717) is 17.4 Å². The molecule has 1 aliphatic carbocycles. The first-order valence-corrected chi connectivity index (χ1v) is 13.8. The Kier molecular flexibility index (Phi) is 6.49. The SMILES string of the molecule is CC(C)Oc1ccc(-c2ccc(C(=O)NS(=O)(=O)c3cccc(N)n3)c(N3CCCC4(CC4)C3)n2)cn1. The van der Waals surface area contributed by atoms with Gasteiger partial charge in [-0.25, -0.2) is 19.7 Å². The number of anilines is 2. The van der Waals surface area contributed by atoms with Crippen molar-refractivity contribution in [3.8, 4) is 17.1 Å². The summed E-state index contributed by atoms with van der Waals surface area (Å²) < 4.78 is 33.5. The summed E-state index contributed by atoms with van der Waals surface area (Å²) in [5.41, 5.74) is 7.48. The Labute approximate surface area is 216 Å². The lowest BCUT2D eigenvalue weighted by atomic mass is 9.94. The van der Waals surface area contributed by atoms with Crippen molar-refractivity contribution in [3.05, 3.63) is 54.2 Å². The maximum absolute atomic E-state index is 13.3. The van der Waals surface area contributed by atoms with E-state index in [4.69, 9.17) is 15.5 Å². The number of pyridine rings is 3. The molecule has 1 saturated carbocycles. The number of rotatable bonds is 7. The van der Waals surface area contributed by atoms with E-state index >= 15 is 0 Å². The summed E-state index contributed by atoms with van der Waals surface area (Å²) in [5.74, 6) is 0.247. The minimum Gasteiger partial charge on any atom is -0.475 e. The molecule has 3 N–H and O–H groups in total. The number of sulfonamides is 1. The second-order valence-corrected chi connectivity index (χ2v) is 11.6. The molecular weight excluding hydrogens is 492 g/mol. The lowest BCUT2D eigenvalue weighted by Crippen LogP contribution is -2.39. The predicted octanol–water partition coefficient (Wildman–Crippen LogP) is 3.41. The molecule has 37 heavy (non-hydrogen) atoms. The van der Waals surface area contributed by atoms with Crippen LogP contribution in [0.1, 0.15) is 49.9 Å². The summed E-state index contributed by atoms with van der Waals surface area (Å²) in [6.45, 7) is 5.39. The van der Waals surface area contributed by atoms with E-state index in [2.05, 4.69) is 19.6 Å². The van der Waals surface area contributed by atoms with Crippen LogP contribution in [0.2, 0.25) is 0 Å². The zero-order chi connectivity index (χ0) is 26.2. The number of ether oxygens (including phenoxy) is 1. The smallest absolute Gasteiger partial charge is 0.281 e. The fourth-order valence-corrected chi connectivity index (χ4v) is 5.60. The van der Waals surface area contributed by atoms with Crippen LogP contribution < -0.4 is 20.1 Å². The molecule has 194 valence electrons. The molecule has 4 heterocycles. The van der Waals surface area contributed by atoms with E-state index in [1.165, 1.54) is 18.2 Å². The highest BCUT2D eigenvalue weighted by Crippen LogP contribution is 2.52. The fourth-order valence-electron chi connectivity index (χ4n) is 4.65. The Morgan fingerprint density at radius 1 is 1.11 bits per heavy atom. The summed E-state index contributed by atoms with van der Waals surface area (Å²) in [7, 11) is -4.23. The van der Waals surface area contributed by atoms with Crippen molar-refractivity contribution in [2.45, 2.75) is 50.7 Å². The van der Waals surface area contributed by atoms with Crippen LogP contribution in [-0.2, 0) is 10.0 Å². The van der Waals surface area contributed by atoms with Crippen molar-refractivity contribution in [2.24, 2.45) is 5.41 Å². The van der Waals surface area contributed by atoms with Gasteiger partial charge in [-0.1, -0.05) is 6.07 Å². The summed E-state index contributed by atoms with van der Waals surface area (Å²) in [5, 5.41) is -0.323. The zero-order valence-corrected chi connectivity index (χ0v) is 21.7. The van der Waals surface area contributed by atoms with Gasteiger partial charge in [0.2, 0.25) is 5.88 Å². The summed E-state index contributed by atoms with van der Waals surface area (Å²) in [6, 6.07) is 11.2. The van der Waals surface area contributed by atoms with E-state index in [-0.39, 0.29) is 27.9 Å². The number of hydrogen-bond donors (Lipinski definition) is 2. The molecule has 10 nitrogen and oxygen atoms in total. The third kappa shape index (κ3) is 5.51. The second-order valence-electron chi connectivity index (χ2n) is 9.98. The lowest BCUT2D eigenvalue weighted by Gasteiger charge is -2.35. The molecule has 0 atom stereocenters. The number of carbonyl (C=O) groups excluding carboxylic acids is 1. The first kappa shape index (κ1) is 24.9. The van der Waals surface area contributed by atoms with Crippen LogP contribution in [-0.4, -0.2) is 48.5 Å². The van der Waals surface area contributed by atoms with Crippen LogP contribution in [0.5, 0.6) is 5.88 Å². The van der Waals surface area contributed by atoms with Gasteiger partial charge in [-0.15, -0.1) is 0 Å². The number of nitrogen functional groups attached to an aromatic ring is 1. The predicted molar refractivity (Wildman–Crippen MR) is 140 cm³/mol. The average molecular weight is 523 g/mol. The number of nitrogens with zero attached hydrogens (tertiary/aromatic N) is 4. The van der Waals surface area contributed by atoms with Crippen molar-refractivity contribution >= 4 is 27.6 Å². The third-order valence-electron chi connectivity index (χ3n) is 6.67. The minimum absolute atomic E-state index is 0.00789. The monoisotopic (exact) mass is 522 g/mol. The van der Waals surface area contributed by atoms with Gasteiger partial charge in [0.1, 0.15) is 11.6 Å². The highest BCUT2D eigenvalue weighted by molar-refractivity contribution is 7.90. The summed E-state index contributed by atoms with van der Waals surface area (Å²) in [4.78, 5) is 28.5. The average Bonchev–Trinajstić information content (AvgIpc) is 3.61. The fraction of sp³-hybridized carbons (Fsp3) is 0.385. The number of nitrogens with one attached hydrogen (secondary N) is 1. The molecule has 3 aromatic rings. The van der Waals surface area contributed by atoms with E-state index < -0.39 is 15.9 Å². The minimum atomic E-state index is -4.23.